The Hall–Kier alpha value is -3.09. The third-order valence-corrected chi connectivity index (χ3v) is 4.22. The lowest BCUT2D eigenvalue weighted by Crippen LogP contribution is -2.33. The number of nitrogens with zero attached hydrogens (tertiary/aromatic N) is 3. The molecule has 2 amide bonds. The molecule has 1 heterocycles. The highest BCUT2D eigenvalue weighted by Crippen LogP contribution is 2.21. The first-order valence-corrected chi connectivity index (χ1v) is 8.31. The summed E-state index contributed by atoms with van der Waals surface area (Å²) in [6.45, 7) is 6.94. The van der Waals surface area contributed by atoms with E-state index < -0.39 is 5.97 Å². The molecule has 0 atom stereocenters. The molecule has 0 radical (unpaired) electrons. The van der Waals surface area contributed by atoms with Crippen LogP contribution >= 0.6 is 0 Å². The van der Waals surface area contributed by atoms with Gasteiger partial charge in [0.2, 0.25) is 0 Å². The molecular weight excluding hydrogens is 334 g/mol. The van der Waals surface area contributed by atoms with Gasteiger partial charge in [0.25, 0.3) is 11.8 Å². The van der Waals surface area contributed by atoms with Crippen LogP contribution in [0.3, 0.4) is 0 Å². The minimum absolute atomic E-state index is 0.145. The Labute approximate surface area is 153 Å². The van der Waals surface area contributed by atoms with Gasteiger partial charge in [-0.2, -0.15) is 0 Å². The molecule has 1 fully saturated rings. The molecule has 1 aromatic carbocycles. The number of ether oxygens (including phenoxy) is 1. The smallest absolute Gasteiger partial charge is 0.330 e. The van der Waals surface area contributed by atoms with Crippen molar-refractivity contribution in [2.24, 2.45) is 0 Å². The third-order valence-electron chi connectivity index (χ3n) is 4.22. The molecule has 138 valence electrons. The number of likely N-dealkylation sites (N-methyl/N-ethyl adjacent to an activating group) is 3. The maximum Gasteiger partial charge on any atom is 0.330 e. The summed E-state index contributed by atoms with van der Waals surface area (Å²) >= 11 is 0. The molecule has 7 nitrogen and oxygen atoms in total. The normalized spacial score (nSPS) is 13.9. The molecule has 26 heavy (non-hydrogen) atoms. The number of rotatable bonds is 7. The van der Waals surface area contributed by atoms with E-state index in [-0.39, 0.29) is 24.0 Å². The number of anilines is 1. The van der Waals surface area contributed by atoms with Crippen molar-refractivity contribution in [1.29, 1.82) is 0 Å². The average molecular weight is 357 g/mol. The monoisotopic (exact) mass is 357 g/mol. The van der Waals surface area contributed by atoms with E-state index in [0.29, 0.717) is 6.54 Å². The average Bonchev–Trinajstić information content (AvgIpc) is 2.83. The molecule has 7 heteroatoms. The van der Waals surface area contributed by atoms with Crippen molar-refractivity contribution in [1.82, 2.24) is 10.0 Å². The summed E-state index contributed by atoms with van der Waals surface area (Å²) in [5.41, 5.74) is 1.87. The van der Waals surface area contributed by atoms with Crippen molar-refractivity contribution in [2.45, 2.75) is 6.92 Å². The highest BCUT2D eigenvalue weighted by Gasteiger charge is 2.35. The second-order valence-electron chi connectivity index (χ2n) is 5.76. The topological polar surface area (TPSA) is 70.2 Å². The maximum atomic E-state index is 12.1. The Morgan fingerprint density at radius 3 is 2.23 bits per heavy atom. The van der Waals surface area contributed by atoms with Crippen molar-refractivity contribution in [3.63, 3.8) is 0 Å². The van der Waals surface area contributed by atoms with Gasteiger partial charge in [-0.1, -0.05) is 18.7 Å². The van der Waals surface area contributed by atoms with E-state index in [1.165, 1.54) is 10.0 Å². The van der Waals surface area contributed by atoms with Gasteiger partial charge in [-0.05, 0) is 30.7 Å². The number of carbonyl (C=O) groups excluding carboxylic acids is 3. The van der Waals surface area contributed by atoms with Crippen molar-refractivity contribution in [2.75, 3.05) is 38.7 Å². The third kappa shape index (κ3) is 4.11. The lowest BCUT2D eigenvalue weighted by molar-refractivity contribution is -0.141. The second-order valence-corrected chi connectivity index (χ2v) is 5.76. The number of carbonyl (C=O) groups is 3. The number of benzene rings is 1. The molecular formula is C19H23N3O4. The lowest BCUT2D eigenvalue weighted by atomic mass is 10.1. The first kappa shape index (κ1) is 19.2. The Morgan fingerprint density at radius 1 is 1.15 bits per heavy atom. The molecule has 1 saturated heterocycles. The Morgan fingerprint density at radius 2 is 1.73 bits per heavy atom. The highest BCUT2D eigenvalue weighted by molar-refractivity contribution is 6.25. The van der Waals surface area contributed by atoms with Crippen molar-refractivity contribution < 1.29 is 19.1 Å². The number of amides is 2. The van der Waals surface area contributed by atoms with Crippen molar-refractivity contribution >= 4 is 29.5 Å². The van der Waals surface area contributed by atoms with Crippen LogP contribution in [0.15, 0.2) is 42.5 Å². The van der Waals surface area contributed by atoms with Gasteiger partial charge in [-0.15, -0.1) is 0 Å². The van der Waals surface area contributed by atoms with E-state index >= 15 is 0 Å². The summed E-state index contributed by atoms with van der Waals surface area (Å²) in [7, 11) is 3.12. The Kier molecular flexibility index (Phi) is 6.16. The fourth-order valence-electron chi connectivity index (χ4n) is 2.57. The number of hydrazine groups is 1. The number of hydrogen-bond donors (Lipinski definition) is 0. The van der Waals surface area contributed by atoms with Gasteiger partial charge in [0, 0.05) is 32.4 Å². The molecule has 0 saturated carbocycles. The minimum atomic E-state index is -0.441. The zero-order chi connectivity index (χ0) is 19.3. The van der Waals surface area contributed by atoms with Gasteiger partial charge < -0.3 is 9.64 Å². The highest BCUT2D eigenvalue weighted by atomic mass is 16.5. The summed E-state index contributed by atoms with van der Waals surface area (Å²) in [5.74, 6) is -1.08. The maximum absolute atomic E-state index is 12.1. The quantitative estimate of drug-likeness (QED) is 0.420. The van der Waals surface area contributed by atoms with E-state index in [2.05, 4.69) is 11.5 Å². The van der Waals surface area contributed by atoms with Gasteiger partial charge in [-0.3, -0.25) is 19.6 Å². The van der Waals surface area contributed by atoms with Crippen molar-refractivity contribution in [3.05, 3.63) is 48.1 Å². The summed E-state index contributed by atoms with van der Waals surface area (Å²) in [4.78, 5) is 37.3. The minimum Gasteiger partial charge on any atom is -0.461 e. The molecule has 1 aromatic rings. The van der Waals surface area contributed by atoms with Crippen LogP contribution in [-0.2, 0) is 19.1 Å². The predicted molar refractivity (Wildman–Crippen MR) is 99.0 cm³/mol. The van der Waals surface area contributed by atoms with Crippen LogP contribution < -0.4 is 4.90 Å². The molecule has 0 unspecified atom stereocenters. The van der Waals surface area contributed by atoms with E-state index in [0.717, 1.165) is 23.9 Å². The van der Waals surface area contributed by atoms with Gasteiger partial charge in [-0.25, -0.2) is 4.79 Å². The van der Waals surface area contributed by atoms with Crippen LogP contribution in [0.4, 0.5) is 5.69 Å². The van der Waals surface area contributed by atoms with Crippen LogP contribution in [-0.4, -0.2) is 61.6 Å². The van der Waals surface area contributed by atoms with E-state index in [9.17, 15) is 14.4 Å². The van der Waals surface area contributed by atoms with E-state index in [1.54, 1.807) is 20.2 Å². The van der Waals surface area contributed by atoms with E-state index in [1.807, 2.05) is 31.2 Å². The van der Waals surface area contributed by atoms with Gasteiger partial charge in [0.15, 0.2) is 0 Å². The zero-order valence-corrected chi connectivity index (χ0v) is 15.3. The molecule has 0 aromatic heterocycles. The molecule has 1 aliphatic heterocycles. The largest absolute Gasteiger partial charge is 0.461 e. The lowest BCUT2D eigenvalue weighted by Gasteiger charge is -2.22. The fraction of sp³-hybridized carbons (Fsp3) is 0.316. The molecule has 0 aliphatic carbocycles. The molecule has 1 aliphatic rings. The molecule has 0 spiro atoms. The standard InChI is InChI=1S/C19H23N3O4/c1-5-17(23)26-12-11-22(6-2)15-9-7-14(8-10-15)13-16-18(24)20(3)21(4)19(16)25/h5,7-10,13H,1,6,11-12H2,2-4H3. The predicted octanol–water partition coefficient (Wildman–Crippen LogP) is 1.47. The molecule has 0 N–H and O–H groups in total. The summed E-state index contributed by atoms with van der Waals surface area (Å²) in [5, 5.41) is 2.57. The Bertz CT molecular complexity index is 718. The Balaban J connectivity index is 2.08. The van der Waals surface area contributed by atoms with Crippen LogP contribution in [0.25, 0.3) is 6.08 Å². The second kappa shape index (κ2) is 8.33. The summed E-state index contributed by atoms with van der Waals surface area (Å²) < 4.78 is 5.01. The van der Waals surface area contributed by atoms with Gasteiger partial charge >= 0.3 is 5.97 Å². The number of esters is 1. The molecule has 2 rings (SSSR count). The van der Waals surface area contributed by atoms with Crippen LogP contribution in [0.5, 0.6) is 0 Å². The summed E-state index contributed by atoms with van der Waals surface area (Å²) in [6.07, 6.45) is 2.73. The zero-order valence-electron chi connectivity index (χ0n) is 15.3. The van der Waals surface area contributed by atoms with Crippen LogP contribution in [0, 0.1) is 0 Å². The SMILES string of the molecule is C=CC(=O)OCCN(CC)c1ccc(C=C2C(=O)N(C)N(C)C2=O)cc1. The van der Waals surface area contributed by atoms with Crippen LogP contribution in [0.1, 0.15) is 12.5 Å². The number of hydrogen-bond acceptors (Lipinski definition) is 5. The van der Waals surface area contributed by atoms with Gasteiger partial charge in [0.05, 0.1) is 6.54 Å². The fourth-order valence-corrected chi connectivity index (χ4v) is 2.57. The van der Waals surface area contributed by atoms with Crippen LogP contribution in [0.2, 0.25) is 0 Å². The first-order valence-electron chi connectivity index (χ1n) is 8.31. The first-order chi connectivity index (χ1) is 12.4. The summed E-state index contributed by atoms with van der Waals surface area (Å²) in [6, 6.07) is 7.50. The molecule has 0 bridgehead atoms. The van der Waals surface area contributed by atoms with E-state index in [4.69, 9.17) is 4.74 Å². The van der Waals surface area contributed by atoms with Gasteiger partial charge in [0.1, 0.15) is 12.2 Å². The van der Waals surface area contributed by atoms with Crippen molar-refractivity contribution in [3.8, 4) is 0 Å².